The number of hydrazine groups is 1. The van der Waals surface area contributed by atoms with Gasteiger partial charge in [-0.3, -0.25) is 4.68 Å². The number of nitrogens with zero attached hydrogens (tertiary/aromatic N) is 4. The molecule has 0 aliphatic rings. The Morgan fingerprint density at radius 3 is 2.94 bits per heavy atom. The van der Waals surface area contributed by atoms with Crippen LogP contribution < -0.4 is 16.6 Å². The molecule has 2 heterocycles. The Morgan fingerprint density at radius 1 is 1.31 bits per heavy atom. The highest BCUT2D eigenvalue weighted by atomic mass is 15.3. The lowest BCUT2D eigenvalue weighted by Crippen LogP contribution is -2.13. The van der Waals surface area contributed by atoms with Gasteiger partial charge in [0.1, 0.15) is 18.0 Å². The summed E-state index contributed by atoms with van der Waals surface area (Å²) in [6.45, 7) is 1.52. The van der Waals surface area contributed by atoms with Gasteiger partial charge in [0.2, 0.25) is 0 Å². The van der Waals surface area contributed by atoms with Crippen molar-refractivity contribution >= 4 is 11.6 Å². The number of hydrogen-bond acceptors (Lipinski definition) is 6. The second-order valence-corrected chi connectivity index (χ2v) is 3.13. The Hall–Kier alpha value is -2.15. The van der Waals surface area contributed by atoms with Crippen molar-refractivity contribution in [1.29, 1.82) is 0 Å². The average molecular weight is 219 g/mol. The number of nitrogens with two attached hydrogens (primary N) is 1. The van der Waals surface area contributed by atoms with Gasteiger partial charge in [0.15, 0.2) is 0 Å². The maximum Gasteiger partial charge on any atom is 0.145 e. The number of anilines is 2. The lowest BCUT2D eigenvalue weighted by Gasteiger charge is -2.06. The summed E-state index contributed by atoms with van der Waals surface area (Å²) < 4.78 is 1.84. The summed E-state index contributed by atoms with van der Waals surface area (Å²) in [4.78, 5) is 7.97. The van der Waals surface area contributed by atoms with Gasteiger partial charge in [0.05, 0.1) is 6.54 Å². The fourth-order valence-corrected chi connectivity index (χ4v) is 1.26. The first-order valence-electron chi connectivity index (χ1n) is 4.88. The van der Waals surface area contributed by atoms with E-state index >= 15 is 0 Å². The predicted octanol–water partition coefficient (Wildman–Crippen LogP) is 0.0708. The molecule has 0 amide bonds. The zero-order valence-electron chi connectivity index (χ0n) is 8.67. The maximum absolute atomic E-state index is 5.24. The first kappa shape index (κ1) is 10.4. The molecule has 0 radical (unpaired) electrons. The Balaban J connectivity index is 1.85. The predicted molar refractivity (Wildman–Crippen MR) is 60.6 cm³/mol. The van der Waals surface area contributed by atoms with Crippen LogP contribution in [0.3, 0.4) is 0 Å². The normalized spacial score (nSPS) is 10.1. The zero-order valence-corrected chi connectivity index (χ0v) is 8.67. The molecule has 2 rings (SSSR count). The lowest BCUT2D eigenvalue weighted by molar-refractivity contribution is 0.637. The highest BCUT2D eigenvalue weighted by molar-refractivity contribution is 5.45. The van der Waals surface area contributed by atoms with Gasteiger partial charge in [-0.25, -0.2) is 15.8 Å². The van der Waals surface area contributed by atoms with E-state index in [9.17, 15) is 0 Å². The van der Waals surface area contributed by atoms with E-state index in [-0.39, 0.29) is 0 Å². The third kappa shape index (κ3) is 2.67. The topological polar surface area (TPSA) is 93.7 Å². The van der Waals surface area contributed by atoms with Crippen molar-refractivity contribution in [3.63, 3.8) is 0 Å². The monoisotopic (exact) mass is 219 g/mol. The fraction of sp³-hybridized carbons (Fsp3) is 0.222. The highest BCUT2D eigenvalue weighted by Gasteiger charge is 1.96. The SMILES string of the molecule is NNc1cc(NCCn2cccn2)ncn1. The van der Waals surface area contributed by atoms with Crippen molar-refractivity contribution in [1.82, 2.24) is 19.7 Å². The maximum atomic E-state index is 5.24. The van der Waals surface area contributed by atoms with Crippen LogP contribution >= 0.6 is 0 Å². The molecule has 2 aromatic rings. The van der Waals surface area contributed by atoms with E-state index in [0.717, 1.165) is 18.9 Å². The first-order valence-corrected chi connectivity index (χ1v) is 4.88. The third-order valence-electron chi connectivity index (χ3n) is 2.02. The first-order chi connectivity index (χ1) is 7.88. The van der Waals surface area contributed by atoms with Crippen LogP contribution in [-0.2, 0) is 6.54 Å². The zero-order chi connectivity index (χ0) is 11.2. The Morgan fingerprint density at radius 2 is 2.19 bits per heavy atom. The summed E-state index contributed by atoms with van der Waals surface area (Å²) in [5, 5.41) is 7.24. The van der Waals surface area contributed by atoms with E-state index < -0.39 is 0 Å². The molecule has 0 saturated carbocycles. The van der Waals surface area contributed by atoms with Crippen LogP contribution in [0.4, 0.5) is 11.6 Å². The number of rotatable bonds is 5. The third-order valence-corrected chi connectivity index (χ3v) is 2.02. The van der Waals surface area contributed by atoms with Crippen LogP contribution in [0, 0.1) is 0 Å². The van der Waals surface area contributed by atoms with Crippen LogP contribution in [0.1, 0.15) is 0 Å². The molecule has 0 bridgehead atoms. The smallest absolute Gasteiger partial charge is 0.145 e. The number of aromatic nitrogens is 4. The van der Waals surface area contributed by atoms with E-state index in [1.165, 1.54) is 6.33 Å². The minimum absolute atomic E-state index is 0.580. The molecule has 2 aromatic heterocycles. The molecule has 0 atom stereocenters. The molecule has 0 fully saturated rings. The molecule has 0 aliphatic carbocycles. The molecule has 4 N–H and O–H groups in total. The summed E-state index contributed by atoms with van der Waals surface area (Å²) in [6.07, 6.45) is 5.11. The van der Waals surface area contributed by atoms with Crippen molar-refractivity contribution in [2.45, 2.75) is 6.54 Å². The average Bonchev–Trinajstić information content (AvgIpc) is 2.82. The quantitative estimate of drug-likeness (QED) is 0.486. The van der Waals surface area contributed by atoms with Gasteiger partial charge in [-0.05, 0) is 6.07 Å². The van der Waals surface area contributed by atoms with Crippen LogP contribution in [-0.4, -0.2) is 26.3 Å². The van der Waals surface area contributed by atoms with Crippen molar-refractivity contribution in [2.75, 3.05) is 17.3 Å². The molecule has 7 nitrogen and oxygen atoms in total. The van der Waals surface area contributed by atoms with E-state index in [4.69, 9.17) is 5.84 Å². The van der Waals surface area contributed by atoms with Crippen LogP contribution in [0.2, 0.25) is 0 Å². The van der Waals surface area contributed by atoms with Gasteiger partial charge < -0.3 is 10.7 Å². The number of hydrogen-bond donors (Lipinski definition) is 3. The summed E-state index contributed by atoms with van der Waals surface area (Å²) in [7, 11) is 0. The van der Waals surface area contributed by atoms with E-state index in [1.807, 2.05) is 16.9 Å². The minimum Gasteiger partial charge on any atom is -0.368 e. The van der Waals surface area contributed by atoms with Crippen molar-refractivity contribution in [2.24, 2.45) is 5.84 Å². The van der Waals surface area contributed by atoms with Gasteiger partial charge in [0.25, 0.3) is 0 Å². The van der Waals surface area contributed by atoms with Crippen LogP contribution in [0.15, 0.2) is 30.9 Å². The Bertz CT molecular complexity index is 425. The molecule has 0 aliphatic heterocycles. The van der Waals surface area contributed by atoms with Gasteiger partial charge in [-0.1, -0.05) is 0 Å². The minimum atomic E-state index is 0.580. The summed E-state index contributed by atoms with van der Waals surface area (Å²) in [6, 6.07) is 3.63. The van der Waals surface area contributed by atoms with Crippen molar-refractivity contribution in [3.8, 4) is 0 Å². The highest BCUT2D eigenvalue weighted by Crippen LogP contribution is 2.06. The van der Waals surface area contributed by atoms with Crippen molar-refractivity contribution in [3.05, 3.63) is 30.9 Å². The Labute approximate surface area is 92.7 Å². The van der Waals surface area contributed by atoms with E-state index in [0.29, 0.717) is 5.82 Å². The second kappa shape index (κ2) is 5.08. The molecule has 0 unspecified atom stereocenters. The summed E-state index contributed by atoms with van der Waals surface area (Å²) >= 11 is 0. The Kier molecular flexibility index (Phi) is 3.29. The number of nitrogens with one attached hydrogen (secondary N) is 2. The largest absolute Gasteiger partial charge is 0.368 e. The standard InChI is InChI=1S/C9H13N7/c10-15-9-6-8(12-7-13-9)11-3-5-16-4-1-2-14-16/h1-2,4,6-7H,3,5,10H2,(H2,11,12,13,15). The second-order valence-electron chi connectivity index (χ2n) is 3.13. The van der Waals surface area contributed by atoms with Crippen LogP contribution in [0.25, 0.3) is 0 Å². The lowest BCUT2D eigenvalue weighted by atomic mass is 10.5. The molecular formula is C9H13N7. The van der Waals surface area contributed by atoms with E-state index in [1.54, 1.807) is 12.3 Å². The summed E-state index contributed by atoms with van der Waals surface area (Å²) in [5.41, 5.74) is 2.46. The van der Waals surface area contributed by atoms with Crippen LogP contribution in [0.5, 0.6) is 0 Å². The summed E-state index contributed by atoms with van der Waals surface area (Å²) in [5.74, 6) is 6.55. The molecule has 0 aromatic carbocycles. The van der Waals surface area contributed by atoms with Gasteiger partial charge >= 0.3 is 0 Å². The molecule has 7 heteroatoms. The van der Waals surface area contributed by atoms with E-state index in [2.05, 4.69) is 25.8 Å². The number of nitrogen functional groups attached to an aromatic ring is 1. The molecule has 0 spiro atoms. The molecular weight excluding hydrogens is 206 g/mol. The van der Waals surface area contributed by atoms with Crippen molar-refractivity contribution < 1.29 is 0 Å². The molecule has 0 saturated heterocycles. The van der Waals surface area contributed by atoms with Gasteiger partial charge in [-0.15, -0.1) is 0 Å². The molecule has 84 valence electrons. The van der Waals surface area contributed by atoms with Gasteiger partial charge in [0, 0.05) is 25.0 Å². The fourth-order valence-electron chi connectivity index (χ4n) is 1.26. The molecule has 16 heavy (non-hydrogen) atoms. The van der Waals surface area contributed by atoms with Gasteiger partial charge in [-0.2, -0.15) is 5.10 Å².